The molecule has 2 fully saturated rings. The zero-order valence-corrected chi connectivity index (χ0v) is 13.5. The van der Waals surface area contributed by atoms with Gasteiger partial charge in [-0.2, -0.15) is 0 Å². The average molecular weight is 338 g/mol. The maximum Gasteiger partial charge on any atom is 0.228 e. The zero-order chi connectivity index (χ0) is 17.3. The molecule has 1 aromatic carbocycles. The van der Waals surface area contributed by atoms with Crippen molar-refractivity contribution in [2.45, 2.75) is 19.4 Å². The minimum absolute atomic E-state index is 0.00117. The molecule has 0 saturated carbocycles. The Morgan fingerprint density at radius 1 is 1.29 bits per heavy atom. The van der Waals surface area contributed by atoms with Crippen LogP contribution in [0.15, 0.2) is 18.2 Å². The number of amides is 2. The van der Waals surface area contributed by atoms with Crippen LogP contribution in [0.4, 0.5) is 8.78 Å². The Kier molecular flexibility index (Phi) is 4.80. The van der Waals surface area contributed by atoms with E-state index in [0.29, 0.717) is 31.8 Å². The average Bonchev–Trinajstić information content (AvgIpc) is 2.97. The Morgan fingerprint density at radius 3 is 2.75 bits per heavy atom. The number of benzene rings is 1. The molecule has 2 atom stereocenters. The van der Waals surface area contributed by atoms with E-state index >= 15 is 0 Å². The molecule has 0 aromatic heterocycles. The summed E-state index contributed by atoms with van der Waals surface area (Å²) in [7, 11) is 0. The summed E-state index contributed by atoms with van der Waals surface area (Å²) in [5, 5.41) is 0. The normalized spacial score (nSPS) is 24.5. The van der Waals surface area contributed by atoms with Crippen LogP contribution in [0.3, 0.4) is 0 Å². The number of hydrogen-bond acceptors (Lipinski definition) is 3. The van der Waals surface area contributed by atoms with E-state index in [4.69, 9.17) is 4.74 Å². The molecule has 2 heterocycles. The van der Waals surface area contributed by atoms with Crippen LogP contribution in [0.25, 0.3) is 0 Å². The Bertz CT molecular complexity index is 653. The van der Waals surface area contributed by atoms with Crippen LogP contribution < -0.4 is 0 Å². The highest BCUT2D eigenvalue weighted by Gasteiger charge is 2.37. The highest BCUT2D eigenvalue weighted by atomic mass is 19.2. The number of carbonyl (C=O) groups excluding carboxylic acids is 2. The summed E-state index contributed by atoms with van der Waals surface area (Å²) < 4.78 is 32.1. The third-order valence-electron chi connectivity index (χ3n) is 4.64. The SMILES string of the molecule is CCN1CC(C(=O)N2CCOC(c3ccc(F)c(F)c3)C2)CC1=O. The summed E-state index contributed by atoms with van der Waals surface area (Å²) in [6, 6.07) is 3.63. The van der Waals surface area contributed by atoms with Crippen molar-refractivity contribution in [3.8, 4) is 0 Å². The molecule has 2 amide bonds. The van der Waals surface area contributed by atoms with Crippen molar-refractivity contribution in [2.24, 2.45) is 5.92 Å². The first kappa shape index (κ1) is 16.8. The molecule has 24 heavy (non-hydrogen) atoms. The predicted molar refractivity (Wildman–Crippen MR) is 82.0 cm³/mol. The summed E-state index contributed by atoms with van der Waals surface area (Å²) in [6.45, 7) is 3.98. The van der Waals surface area contributed by atoms with Gasteiger partial charge in [0, 0.05) is 26.1 Å². The van der Waals surface area contributed by atoms with Gasteiger partial charge in [-0.3, -0.25) is 9.59 Å². The lowest BCUT2D eigenvalue weighted by molar-refractivity contribution is -0.143. The van der Waals surface area contributed by atoms with Crippen LogP contribution in [0.1, 0.15) is 25.0 Å². The second-order valence-electron chi connectivity index (χ2n) is 6.15. The molecule has 2 aliphatic rings. The maximum atomic E-state index is 13.4. The first-order valence-electron chi connectivity index (χ1n) is 8.12. The second-order valence-corrected chi connectivity index (χ2v) is 6.15. The number of nitrogens with zero attached hydrogens (tertiary/aromatic N) is 2. The topological polar surface area (TPSA) is 49.9 Å². The van der Waals surface area contributed by atoms with Gasteiger partial charge in [0.2, 0.25) is 11.8 Å². The molecule has 0 N–H and O–H groups in total. The minimum Gasteiger partial charge on any atom is -0.370 e. The molecule has 3 rings (SSSR count). The number of likely N-dealkylation sites (tertiary alicyclic amines) is 1. The number of morpholine rings is 1. The van der Waals surface area contributed by atoms with Gasteiger partial charge in [0.25, 0.3) is 0 Å². The van der Waals surface area contributed by atoms with E-state index in [-0.39, 0.29) is 30.7 Å². The van der Waals surface area contributed by atoms with Crippen LogP contribution in [0, 0.1) is 17.6 Å². The molecule has 2 unspecified atom stereocenters. The summed E-state index contributed by atoms with van der Waals surface area (Å²) in [4.78, 5) is 27.8. The van der Waals surface area contributed by atoms with Crippen molar-refractivity contribution in [1.29, 1.82) is 0 Å². The molecular weight excluding hydrogens is 318 g/mol. The maximum absolute atomic E-state index is 13.4. The van der Waals surface area contributed by atoms with Crippen molar-refractivity contribution >= 4 is 11.8 Å². The lowest BCUT2D eigenvalue weighted by atomic mass is 10.0. The molecule has 7 heteroatoms. The summed E-state index contributed by atoms with van der Waals surface area (Å²) in [5.74, 6) is -2.25. The fourth-order valence-electron chi connectivity index (χ4n) is 3.27. The van der Waals surface area contributed by atoms with Crippen LogP contribution in [0.5, 0.6) is 0 Å². The molecule has 1 aromatic rings. The van der Waals surface area contributed by atoms with Gasteiger partial charge in [0.1, 0.15) is 6.10 Å². The second kappa shape index (κ2) is 6.84. The van der Waals surface area contributed by atoms with E-state index in [9.17, 15) is 18.4 Å². The molecule has 2 aliphatic heterocycles. The molecule has 0 aliphatic carbocycles. The van der Waals surface area contributed by atoms with Crippen LogP contribution in [-0.4, -0.2) is 54.4 Å². The van der Waals surface area contributed by atoms with Gasteiger partial charge < -0.3 is 14.5 Å². The first-order chi connectivity index (χ1) is 11.5. The van der Waals surface area contributed by atoms with Gasteiger partial charge in [-0.05, 0) is 24.6 Å². The molecular formula is C17H20F2N2O3. The van der Waals surface area contributed by atoms with Gasteiger partial charge in [0.05, 0.1) is 19.1 Å². The Morgan fingerprint density at radius 2 is 2.08 bits per heavy atom. The number of rotatable bonds is 3. The van der Waals surface area contributed by atoms with E-state index in [0.717, 1.165) is 12.1 Å². The zero-order valence-electron chi connectivity index (χ0n) is 13.5. The third kappa shape index (κ3) is 3.26. The summed E-state index contributed by atoms with van der Waals surface area (Å²) >= 11 is 0. The Balaban J connectivity index is 1.68. The van der Waals surface area contributed by atoms with Crippen molar-refractivity contribution in [3.05, 3.63) is 35.4 Å². The Labute approximate surface area is 139 Å². The van der Waals surface area contributed by atoms with Crippen molar-refractivity contribution in [3.63, 3.8) is 0 Å². The van der Waals surface area contributed by atoms with E-state index in [1.165, 1.54) is 6.07 Å². The molecule has 0 radical (unpaired) electrons. The monoisotopic (exact) mass is 338 g/mol. The van der Waals surface area contributed by atoms with Crippen LogP contribution in [0.2, 0.25) is 0 Å². The Hall–Kier alpha value is -2.02. The van der Waals surface area contributed by atoms with E-state index in [2.05, 4.69) is 0 Å². The largest absolute Gasteiger partial charge is 0.370 e. The van der Waals surface area contributed by atoms with Gasteiger partial charge in [-0.25, -0.2) is 8.78 Å². The van der Waals surface area contributed by atoms with Gasteiger partial charge in [-0.15, -0.1) is 0 Å². The molecule has 5 nitrogen and oxygen atoms in total. The third-order valence-corrected chi connectivity index (χ3v) is 4.64. The van der Waals surface area contributed by atoms with Gasteiger partial charge >= 0.3 is 0 Å². The standard InChI is InChI=1S/C17H20F2N2O3/c1-2-20-9-12(8-16(20)22)17(23)21-5-6-24-15(10-21)11-3-4-13(18)14(19)7-11/h3-4,7,12,15H,2,5-6,8-10H2,1H3. The number of hydrogen-bond donors (Lipinski definition) is 0. The quantitative estimate of drug-likeness (QED) is 0.843. The van der Waals surface area contributed by atoms with Crippen LogP contribution >= 0.6 is 0 Å². The highest BCUT2D eigenvalue weighted by molar-refractivity contribution is 5.89. The van der Waals surface area contributed by atoms with E-state index < -0.39 is 17.7 Å². The fraction of sp³-hybridized carbons (Fsp3) is 0.529. The molecule has 2 saturated heterocycles. The molecule has 0 spiro atoms. The fourth-order valence-corrected chi connectivity index (χ4v) is 3.27. The lowest BCUT2D eigenvalue weighted by Crippen LogP contribution is -2.45. The number of ether oxygens (including phenoxy) is 1. The predicted octanol–water partition coefficient (Wildman–Crippen LogP) is 1.73. The van der Waals surface area contributed by atoms with Crippen molar-refractivity contribution in [1.82, 2.24) is 9.80 Å². The first-order valence-corrected chi connectivity index (χ1v) is 8.12. The van der Waals surface area contributed by atoms with Crippen molar-refractivity contribution in [2.75, 3.05) is 32.8 Å². The van der Waals surface area contributed by atoms with Crippen molar-refractivity contribution < 1.29 is 23.1 Å². The molecule has 0 bridgehead atoms. The number of halogens is 2. The van der Waals surface area contributed by atoms with E-state index in [1.54, 1.807) is 9.80 Å². The van der Waals surface area contributed by atoms with Gasteiger partial charge in [-0.1, -0.05) is 6.07 Å². The lowest BCUT2D eigenvalue weighted by Gasteiger charge is -2.34. The highest BCUT2D eigenvalue weighted by Crippen LogP contribution is 2.26. The molecule has 130 valence electrons. The number of carbonyl (C=O) groups is 2. The smallest absolute Gasteiger partial charge is 0.228 e. The van der Waals surface area contributed by atoms with E-state index in [1.807, 2.05) is 6.92 Å². The summed E-state index contributed by atoms with van der Waals surface area (Å²) in [5.41, 5.74) is 0.504. The van der Waals surface area contributed by atoms with Gasteiger partial charge in [0.15, 0.2) is 11.6 Å². The summed E-state index contributed by atoms with van der Waals surface area (Å²) in [6.07, 6.45) is -0.253. The van der Waals surface area contributed by atoms with Crippen LogP contribution in [-0.2, 0) is 14.3 Å². The minimum atomic E-state index is -0.931.